The molecule has 1 fully saturated rings. The molecule has 6 rings (SSSR count). The minimum Gasteiger partial charge on any atom is -0.493 e. The zero-order valence-corrected chi connectivity index (χ0v) is 22.2. The SMILES string of the molecule is COc1cccc(C2SCC(=O)N2c2ccc(-n3c(-c4ccccc4)nc4ccccc4c3=O)cc2)c1OC. The van der Waals surface area contributed by atoms with Gasteiger partial charge < -0.3 is 9.47 Å². The number of rotatable bonds is 6. The van der Waals surface area contributed by atoms with Gasteiger partial charge in [-0.3, -0.25) is 19.1 Å². The summed E-state index contributed by atoms with van der Waals surface area (Å²) in [5, 5.41) is 0.260. The minimum atomic E-state index is -0.279. The summed E-state index contributed by atoms with van der Waals surface area (Å²) in [5.41, 5.74) is 3.57. The Balaban J connectivity index is 1.45. The Morgan fingerprint density at radius 1 is 0.795 bits per heavy atom. The van der Waals surface area contributed by atoms with Gasteiger partial charge in [-0.1, -0.05) is 54.6 Å². The molecule has 1 saturated heterocycles. The third-order valence-electron chi connectivity index (χ3n) is 6.76. The van der Waals surface area contributed by atoms with Crippen LogP contribution in [0.4, 0.5) is 5.69 Å². The summed E-state index contributed by atoms with van der Waals surface area (Å²) >= 11 is 1.54. The van der Waals surface area contributed by atoms with E-state index in [0.29, 0.717) is 39.7 Å². The van der Waals surface area contributed by atoms with E-state index in [9.17, 15) is 9.59 Å². The third-order valence-corrected chi connectivity index (χ3v) is 7.96. The van der Waals surface area contributed by atoms with Crippen molar-refractivity contribution >= 4 is 34.3 Å². The summed E-state index contributed by atoms with van der Waals surface area (Å²) in [7, 11) is 3.19. The third kappa shape index (κ3) is 4.32. The van der Waals surface area contributed by atoms with Gasteiger partial charge in [-0.15, -0.1) is 11.8 Å². The fourth-order valence-electron chi connectivity index (χ4n) is 4.96. The van der Waals surface area contributed by atoms with Gasteiger partial charge in [0.15, 0.2) is 11.5 Å². The van der Waals surface area contributed by atoms with Gasteiger partial charge in [0.2, 0.25) is 5.91 Å². The number of thioether (sulfide) groups is 1. The predicted octanol–water partition coefficient (Wildman–Crippen LogP) is 5.85. The molecular weight excluding hydrogens is 510 g/mol. The van der Waals surface area contributed by atoms with E-state index in [-0.39, 0.29) is 16.8 Å². The Morgan fingerprint density at radius 2 is 1.51 bits per heavy atom. The quantitative estimate of drug-likeness (QED) is 0.272. The van der Waals surface area contributed by atoms with Gasteiger partial charge in [0.1, 0.15) is 11.2 Å². The number of hydrogen-bond acceptors (Lipinski definition) is 6. The van der Waals surface area contributed by atoms with Crippen molar-refractivity contribution in [3.63, 3.8) is 0 Å². The summed E-state index contributed by atoms with van der Waals surface area (Å²) in [6.07, 6.45) is 0. The molecule has 0 bridgehead atoms. The highest BCUT2D eigenvalue weighted by Crippen LogP contribution is 2.47. The number of fused-ring (bicyclic) bond motifs is 1. The summed E-state index contributed by atoms with van der Waals surface area (Å²) in [5.74, 6) is 2.12. The topological polar surface area (TPSA) is 73.7 Å². The van der Waals surface area contributed by atoms with Crippen LogP contribution in [0.3, 0.4) is 0 Å². The van der Waals surface area contributed by atoms with Crippen molar-refractivity contribution < 1.29 is 14.3 Å². The molecule has 2 heterocycles. The number of carbonyl (C=O) groups is 1. The van der Waals surface area contributed by atoms with Crippen molar-refractivity contribution in [3.05, 3.63) is 113 Å². The molecule has 1 atom stereocenters. The van der Waals surface area contributed by atoms with Gasteiger partial charge in [0.05, 0.1) is 36.6 Å². The van der Waals surface area contributed by atoms with Crippen LogP contribution in [0.1, 0.15) is 10.9 Å². The van der Waals surface area contributed by atoms with E-state index < -0.39 is 0 Å². The number of hydrogen-bond donors (Lipinski definition) is 0. The van der Waals surface area contributed by atoms with Gasteiger partial charge in [0, 0.05) is 16.8 Å². The van der Waals surface area contributed by atoms with Crippen LogP contribution >= 0.6 is 11.8 Å². The number of benzene rings is 4. The second-order valence-electron chi connectivity index (χ2n) is 8.99. The standard InChI is InChI=1S/C31H25N3O4S/c1-37-26-14-8-12-24(28(26)38-2)31-33(27(35)19-39-31)21-15-17-22(18-16-21)34-29(20-9-4-3-5-10-20)32-25-13-7-6-11-23(25)30(34)36/h3-18,31H,19H2,1-2H3. The van der Waals surface area contributed by atoms with Crippen molar-refractivity contribution in [2.24, 2.45) is 0 Å². The molecular formula is C31H25N3O4S. The van der Waals surface area contributed by atoms with E-state index in [4.69, 9.17) is 14.5 Å². The average Bonchev–Trinajstić information content (AvgIpc) is 3.38. The second-order valence-corrected chi connectivity index (χ2v) is 10.1. The number of nitrogens with zero attached hydrogens (tertiary/aromatic N) is 3. The van der Waals surface area contributed by atoms with E-state index in [0.717, 1.165) is 16.8 Å². The summed E-state index contributed by atoms with van der Waals surface area (Å²) in [6, 6.07) is 30.1. The molecule has 0 spiro atoms. The smallest absolute Gasteiger partial charge is 0.266 e. The lowest BCUT2D eigenvalue weighted by molar-refractivity contribution is -0.115. The first-order chi connectivity index (χ1) is 19.1. The molecule has 1 aliphatic rings. The van der Waals surface area contributed by atoms with Crippen LogP contribution in [-0.4, -0.2) is 35.4 Å². The number of methoxy groups -OCH3 is 2. The van der Waals surface area contributed by atoms with E-state index >= 15 is 0 Å². The highest BCUT2D eigenvalue weighted by atomic mass is 32.2. The van der Waals surface area contributed by atoms with Crippen molar-refractivity contribution in [3.8, 4) is 28.6 Å². The Morgan fingerprint density at radius 3 is 2.26 bits per heavy atom. The Labute approximate surface area is 229 Å². The zero-order chi connectivity index (χ0) is 26.9. The average molecular weight is 536 g/mol. The molecule has 0 aliphatic carbocycles. The summed E-state index contributed by atoms with van der Waals surface area (Å²) < 4.78 is 12.8. The molecule has 194 valence electrons. The molecule has 1 unspecified atom stereocenters. The Bertz CT molecular complexity index is 1740. The predicted molar refractivity (Wildman–Crippen MR) is 155 cm³/mol. The van der Waals surface area contributed by atoms with Crippen molar-refractivity contribution in [2.45, 2.75) is 5.37 Å². The second kappa shape index (κ2) is 10.3. The van der Waals surface area contributed by atoms with Crippen LogP contribution in [-0.2, 0) is 4.79 Å². The van der Waals surface area contributed by atoms with Gasteiger partial charge in [-0.2, -0.15) is 0 Å². The molecule has 0 N–H and O–H groups in total. The van der Waals surface area contributed by atoms with Gasteiger partial charge in [-0.05, 0) is 42.5 Å². The number of amides is 1. The van der Waals surface area contributed by atoms with Crippen LogP contribution < -0.4 is 19.9 Å². The van der Waals surface area contributed by atoms with Gasteiger partial charge in [0.25, 0.3) is 5.56 Å². The van der Waals surface area contributed by atoms with E-state index in [1.54, 1.807) is 29.8 Å². The molecule has 0 saturated carbocycles. The maximum atomic E-state index is 13.7. The highest BCUT2D eigenvalue weighted by Gasteiger charge is 2.36. The molecule has 0 radical (unpaired) electrons. The normalized spacial score (nSPS) is 15.1. The number of ether oxygens (including phenoxy) is 2. The number of carbonyl (C=O) groups excluding carboxylic acids is 1. The molecule has 1 amide bonds. The largest absolute Gasteiger partial charge is 0.493 e. The lowest BCUT2D eigenvalue weighted by Crippen LogP contribution is -2.28. The monoisotopic (exact) mass is 535 g/mol. The van der Waals surface area contributed by atoms with Gasteiger partial charge >= 0.3 is 0 Å². The molecule has 1 aromatic heterocycles. The first-order valence-corrected chi connectivity index (χ1v) is 13.5. The lowest BCUT2D eigenvalue weighted by atomic mass is 10.1. The summed E-state index contributed by atoms with van der Waals surface area (Å²) in [6.45, 7) is 0. The fraction of sp³-hybridized carbons (Fsp3) is 0.129. The highest BCUT2D eigenvalue weighted by molar-refractivity contribution is 8.00. The number of aromatic nitrogens is 2. The first kappa shape index (κ1) is 24.8. The molecule has 7 nitrogen and oxygen atoms in total. The van der Waals surface area contributed by atoms with Crippen LogP contribution in [0.5, 0.6) is 11.5 Å². The lowest BCUT2D eigenvalue weighted by Gasteiger charge is -2.26. The Hall–Kier alpha value is -4.56. The van der Waals surface area contributed by atoms with Crippen LogP contribution in [0, 0.1) is 0 Å². The number of anilines is 1. The van der Waals surface area contributed by atoms with E-state index in [2.05, 4.69) is 0 Å². The summed E-state index contributed by atoms with van der Waals surface area (Å²) in [4.78, 5) is 33.4. The number of para-hydroxylation sites is 2. The van der Waals surface area contributed by atoms with Crippen LogP contribution in [0.2, 0.25) is 0 Å². The van der Waals surface area contributed by atoms with Crippen molar-refractivity contribution in [1.82, 2.24) is 9.55 Å². The zero-order valence-electron chi connectivity index (χ0n) is 21.4. The molecule has 39 heavy (non-hydrogen) atoms. The maximum absolute atomic E-state index is 13.7. The Kier molecular flexibility index (Phi) is 6.54. The van der Waals surface area contributed by atoms with Gasteiger partial charge in [-0.25, -0.2) is 4.98 Å². The van der Waals surface area contributed by atoms with Crippen LogP contribution in [0.25, 0.3) is 28.0 Å². The molecule has 8 heteroatoms. The maximum Gasteiger partial charge on any atom is 0.266 e. The molecule has 4 aromatic carbocycles. The fourth-order valence-corrected chi connectivity index (χ4v) is 6.15. The van der Waals surface area contributed by atoms with Crippen molar-refractivity contribution in [1.29, 1.82) is 0 Å². The molecule has 1 aliphatic heterocycles. The first-order valence-electron chi connectivity index (χ1n) is 12.4. The molecule has 5 aromatic rings. The van der Waals surface area contributed by atoms with E-state index in [1.165, 1.54) is 11.8 Å². The van der Waals surface area contributed by atoms with E-state index in [1.807, 2.05) is 91.0 Å². The minimum absolute atomic E-state index is 0.00265. The van der Waals surface area contributed by atoms with Crippen LogP contribution in [0.15, 0.2) is 102 Å². The van der Waals surface area contributed by atoms with Crippen molar-refractivity contribution in [2.75, 3.05) is 24.9 Å².